The summed E-state index contributed by atoms with van der Waals surface area (Å²) in [5, 5.41) is 3.40. The summed E-state index contributed by atoms with van der Waals surface area (Å²) in [5.41, 5.74) is 0. The fraction of sp³-hybridized carbons (Fsp3) is 1.00. The fourth-order valence-electron chi connectivity index (χ4n) is 1.22. The molecule has 0 spiro atoms. The largest absolute Gasteiger partial charge is 0.382 e. The van der Waals surface area contributed by atoms with Crippen LogP contribution in [0.4, 0.5) is 0 Å². The molecular weight excluding hydrogens is 142 g/mol. The van der Waals surface area contributed by atoms with E-state index in [0.717, 1.165) is 19.6 Å². The SMILES string of the molecule is CC[C@H]1CO[C@@H](COC)CN1. The molecule has 1 rings (SSSR count). The van der Waals surface area contributed by atoms with Crippen molar-refractivity contribution in [3.05, 3.63) is 0 Å². The summed E-state index contributed by atoms with van der Waals surface area (Å²) in [6.45, 7) is 4.61. The van der Waals surface area contributed by atoms with Gasteiger partial charge in [-0.25, -0.2) is 0 Å². The van der Waals surface area contributed by atoms with Crippen LogP contribution in [0.25, 0.3) is 0 Å². The first-order valence-corrected chi connectivity index (χ1v) is 4.20. The molecule has 0 radical (unpaired) electrons. The third-order valence-electron chi connectivity index (χ3n) is 2.01. The summed E-state index contributed by atoms with van der Waals surface area (Å²) < 4.78 is 10.5. The molecule has 1 fully saturated rings. The normalized spacial score (nSPS) is 32.2. The van der Waals surface area contributed by atoms with Gasteiger partial charge in [-0.3, -0.25) is 0 Å². The van der Waals surface area contributed by atoms with E-state index in [1.54, 1.807) is 7.11 Å². The van der Waals surface area contributed by atoms with E-state index in [-0.39, 0.29) is 6.10 Å². The molecule has 0 aromatic rings. The second-order valence-corrected chi connectivity index (χ2v) is 2.92. The highest BCUT2D eigenvalue weighted by Gasteiger charge is 2.18. The summed E-state index contributed by atoms with van der Waals surface area (Å²) in [7, 11) is 1.70. The zero-order valence-electron chi connectivity index (χ0n) is 7.30. The quantitative estimate of drug-likeness (QED) is 0.646. The molecule has 1 saturated heterocycles. The molecule has 1 aliphatic heterocycles. The summed E-state index contributed by atoms with van der Waals surface area (Å²) in [4.78, 5) is 0. The zero-order chi connectivity index (χ0) is 8.10. The standard InChI is InChI=1S/C8H17NO2/c1-3-7-5-11-8(4-9-7)6-10-2/h7-9H,3-6H2,1-2H3/t7-,8+/m0/s1. The van der Waals surface area contributed by atoms with Crippen molar-refractivity contribution in [3.8, 4) is 0 Å². The first-order valence-electron chi connectivity index (χ1n) is 4.20. The molecule has 0 aliphatic carbocycles. The number of ether oxygens (including phenoxy) is 2. The molecule has 2 atom stereocenters. The van der Waals surface area contributed by atoms with E-state index in [0.29, 0.717) is 12.6 Å². The van der Waals surface area contributed by atoms with Crippen LogP contribution in [0.1, 0.15) is 13.3 Å². The minimum Gasteiger partial charge on any atom is -0.382 e. The number of hydrogen-bond donors (Lipinski definition) is 1. The predicted molar refractivity (Wildman–Crippen MR) is 43.7 cm³/mol. The van der Waals surface area contributed by atoms with Gasteiger partial charge in [-0.05, 0) is 6.42 Å². The van der Waals surface area contributed by atoms with Gasteiger partial charge < -0.3 is 14.8 Å². The monoisotopic (exact) mass is 159 g/mol. The highest BCUT2D eigenvalue weighted by atomic mass is 16.5. The van der Waals surface area contributed by atoms with Gasteiger partial charge in [-0.2, -0.15) is 0 Å². The van der Waals surface area contributed by atoms with Crippen LogP contribution in [-0.4, -0.2) is 39.0 Å². The second-order valence-electron chi connectivity index (χ2n) is 2.92. The van der Waals surface area contributed by atoms with Crippen molar-refractivity contribution in [1.29, 1.82) is 0 Å². The predicted octanol–water partition coefficient (Wildman–Crippen LogP) is 0.400. The Morgan fingerprint density at radius 3 is 2.91 bits per heavy atom. The number of methoxy groups -OCH3 is 1. The van der Waals surface area contributed by atoms with Crippen molar-refractivity contribution in [3.63, 3.8) is 0 Å². The molecule has 3 heteroatoms. The van der Waals surface area contributed by atoms with Crippen LogP contribution in [0, 0.1) is 0 Å². The highest BCUT2D eigenvalue weighted by Crippen LogP contribution is 2.03. The highest BCUT2D eigenvalue weighted by molar-refractivity contribution is 4.74. The minimum atomic E-state index is 0.253. The van der Waals surface area contributed by atoms with Gasteiger partial charge >= 0.3 is 0 Å². The van der Waals surface area contributed by atoms with Crippen LogP contribution in [0.2, 0.25) is 0 Å². The van der Waals surface area contributed by atoms with Crippen molar-refractivity contribution in [2.45, 2.75) is 25.5 Å². The third-order valence-corrected chi connectivity index (χ3v) is 2.01. The van der Waals surface area contributed by atoms with Crippen LogP contribution in [-0.2, 0) is 9.47 Å². The number of nitrogens with one attached hydrogen (secondary N) is 1. The average molecular weight is 159 g/mol. The van der Waals surface area contributed by atoms with Crippen LogP contribution < -0.4 is 5.32 Å². The lowest BCUT2D eigenvalue weighted by Gasteiger charge is -2.29. The first-order chi connectivity index (χ1) is 5.36. The van der Waals surface area contributed by atoms with E-state index in [2.05, 4.69) is 12.2 Å². The van der Waals surface area contributed by atoms with Gasteiger partial charge in [0.1, 0.15) is 0 Å². The lowest BCUT2D eigenvalue weighted by molar-refractivity contribution is -0.0362. The van der Waals surface area contributed by atoms with Crippen molar-refractivity contribution < 1.29 is 9.47 Å². The zero-order valence-corrected chi connectivity index (χ0v) is 7.30. The molecule has 0 bridgehead atoms. The molecule has 1 heterocycles. The van der Waals surface area contributed by atoms with Crippen molar-refractivity contribution >= 4 is 0 Å². The van der Waals surface area contributed by atoms with Gasteiger partial charge in [0, 0.05) is 19.7 Å². The molecule has 0 unspecified atom stereocenters. The Bertz CT molecular complexity index is 100. The molecule has 1 N–H and O–H groups in total. The minimum absolute atomic E-state index is 0.253. The maximum absolute atomic E-state index is 5.53. The van der Waals surface area contributed by atoms with Gasteiger partial charge in [0.2, 0.25) is 0 Å². The lowest BCUT2D eigenvalue weighted by atomic mass is 10.2. The molecule has 0 amide bonds. The van der Waals surface area contributed by atoms with Crippen molar-refractivity contribution in [1.82, 2.24) is 5.32 Å². The molecule has 11 heavy (non-hydrogen) atoms. The van der Waals surface area contributed by atoms with E-state index >= 15 is 0 Å². The average Bonchev–Trinajstić information content (AvgIpc) is 2.07. The number of morpholine rings is 1. The van der Waals surface area contributed by atoms with Crippen LogP contribution in [0.5, 0.6) is 0 Å². The summed E-state index contributed by atoms with van der Waals surface area (Å²) in [6.07, 6.45) is 1.39. The third kappa shape index (κ3) is 2.77. The van der Waals surface area contributed by atoms with Crippen LogP contribution >= 0.6 is 0 Å². The summed E-state index contributed by atoms with van der Waals surface area (Å²) >= 11 is 0. The molecule has 0 aromatic carbocycles. The maximum atomic E-state index is 5.53. The Labute approximate surface area is 68.1 Å². The van der Waals surface area contributed by atoms with E-state index < -0.39 is 0 Å². The molecule has 1 aliphatic rings. The van der Waals surface area contributed by atoms with Gasteiger partial charge in [-0.1, -0.05) is 6.92 Å². The smallest absolute Gasteiger partial charge is 0.0933 e. The maximum Gasteiger partial charge on any atom is 0.0933 e. The Hall–Kier alpha value is -0.120. The van der Waals surface area contributed by atoms with Gasteiger partial charge in [0.15, 0.2) is 0 Å². The van der Waals surface area contributed by atoms with E-state index in [4.69, 9.17) is 9.47 Å². The molecule has 0 saturated carbocycles. The Kier molecular flexibility index (Phi) is 3.83. The van der Waals surface area contributed by atoms with Gasteiger partial charge in [0.05, 0.1) is 19.3 Å². The first kappa shape index (κ1) is 8.97. The van der Waals surface area contributed by atoms with E-state index in [9.17, 15) is 0 Å². The van der Waals surface area contributed by atoms with Crippen LogP contribution in [0.15, 0.2) is 0 Å². The Morgan fingerprint density at radius 2 is 2.45 bits per heavy atom. The van der Waals surface area contributed by atoms with E-state index in [1.165, 1.54) is 0 Å². The van der Waals surface area contributed by atoms with E-state index in [1.807, 2.05) is 0 Å². The van der Waals surface area contributed by atoms with Crippen molar-refractivity contribution in [2.75, 3.05) is 26.9 Å². The van der Waals surface area contributed by atoms with Crippen LogP contribution in [0.3, 0.4) is 0 Å². The summed E-state index contributed by atoms with van der Waals surface area (Å²) in [6, 6.07) is 0.545. The molecular formula is C8H17NO2. The molecule has 0 aromatic heterocycles. The number of hydrogen-bond acceptors (Lipinski definition) is 3. The number of rotatable bonds is 3. The fourth-order valence-corrected chi connectivity index (χ4v) is 1.22. The topological polar surface area (TPSA) is 30.5 Å². The van der Waals surface area contributed by atoms with Gasteiger partial charge in [-0.15, -0.1) is 0 Å². The van der Waals surface area contributed by atoms with Gasteiger partial charge in [0.25, 0.3) is 0 Å². The summed E-state index contributed by atoms with van der Waals surface area (Å²) in [5.74, 6) is 0. The van der Waals surface area contributed by atoms with Crippen molar-refractivity contribution in [2.24, 2.45) is 0 Å². The lowest BCUT2D eigenvalue weighted by Crippen LogP contribution is -2.47. The molecule has 3 nitrogen and oxygen atoms in total. The molecule has 66 valence electrons. The Balaban J connectivity index is 2.14. The second kappa shape index (κ2) is 4.70. The Morgan fingerprint density at radius 1 is 1.64 bits per heavy atom.